The minimum absolute atomic E-state index is 0.00122. The van der Waals surface area contributed by atoms with Gasteiger partial charge in [0, 0.05) is 12.1 Å². The maximum absolute atomic E-state index is 11.6. The lowest BCUT2D eigenvalue weighted by Crippen LogP contribution is -2.24. The molecule has 0 aliphatic carbocycles. The van der Waals surface area contributed by atoms with Crippen molar-refractivity contribution in [3.8, 4) is 5.75 Å². The Balaban J connectivity index is 1.78. The topological polar surface area (TPSA) is 93.8 Å². The fourth-order valence-electron chi connectivity index (χ4n) is 1.86. The highest BCUT2D eigenvalue weighted by atomic mass is 16.6. The highest BCUT2D eigenvalue weighted by molar-refractivity contribution is 5.83. The Hall–Kier alpha value is -3.22. The first-order valence-electron chi connectivity index (χ1n) is 7.36. The molecule has 0 radical (unpaired) electrons. The molecule has 7 nitrogen and oxygen atoms in total. The zero-order chi connectivity index (χ0) is 17.4. The molecule has 0 aliphatic rings. The number of nitro benzene ring substituents is 1. The first-order chi connectivity index (χ1) is 11.6. The number of ether oxygens (including phenoxy) is 1. The predicted molar refractivity (Wildman–Crippen MR) is 90.1 cm³/mol. The number of non-ortho nitro benzene ring substituents is 1. The molecule has 0 saturated heterocycles. The second kappa shape index (κ2) is 8.42. The first-order valence-corrected chi connectivity index (χ1v) is 7.36. The summed E-state index contributed by atoms with van der Waals surface area (Å²) < 4.78 is 5.35. The van der Waals surface area contributed by atoms with Crippen LogP contribution in [0, 0.1) is 10.1 Å². The van der Waals surface area contributed by atoms with Gasteiger partial charge in [-0.25, -0.2) is 5.43 Å². The second-order valence-electron chi connectivity index (χ2n) is 4.93. The molecule has 7 heteroatoms. The quantitative estimate of drug-likeness (QED) is 0.480. The zero-order valence-corrected chi connectivity index (χ0v) is 13.1. The molecule has 24 heavy (non-hydrogen) atoms. The van der Waals surface area contributed by atoms with Gasteiger partial charge in [-0.1, -0.05) is 19.1 Å². The van der Waals surface area contributed by atoms with Crippen molar-refractivity contribution in [1.82, 2.24) is 5.43 Å². The number of hydrogen-bond acceptors (Lipinski definition) is 5. The Morgan fingerprint density at radius 2 is 1.88 bits per heavy atom. The molecular formula is C17H17N3O4. The summed E-state index contributed by atoms with van der Waals surface area (Å²) in [5, 5.41) is 14.3. The molecule has 0 fully saturated rings. The van der Waals surface area contributed by atoms with Gasteiger partial charge >= 0.3 is 0 Å². The molecule has 2 rings (SSSR count). The summed E-state index contributed by atoms with van der Waals surface area (Å²) in [6.07, 6.45) is 2.34. The Labute approximate surface area is 139 Å². The van der Waals surface area contributed by atoms with Crippen molar-refractivity contribution in [3.05, 3.63) is 69.8 Å². The van der Waals surface area contributed by atoms with Crippen LogP contribution in [-0.4, -0.2) is 23.7 Å². The van der Waals surface area contributed by atoms with Crippen LogP contribution in [0.15, 0.2) is 53.6 Å². The molecule has 0 saturated carbocycles. The van der Waals surface area contributed by atoms with Crippen LogP contribution in [0.1, 0.15) is 18.1 Å². The minimum atomic E-state index is -0.479. The van der Waals surface area contributed by atoms with Crippen LogP contribution in [-0.2, 0) is 11.2 Å². The molecule has 1 amide bonds. The third-order valence-corrected chi connectivity index (χ3v) is 3.21. The average Bonchev–Trinajstić information content (AvgIpc) is 2.61. The maximum Gasteiger partial charge on any atom is 0.277 e. The number of hydrazone groups is 1. The van der Waals surface area contributed by atoms with Gasteiger partial charge in [-0.05, 0) is 41.8 Å². The number of nitrogens with one attached hydrogen (secondary N) is 1. The number of aryl methyl sites for hydroxylation is 1. The molecule has 2 aromatic carbocycles. The smallest absolute Gasteiger partial charge is 0.277 e. The van der Waals surface area contributed by atoms with Gasteiger partial charge < -0.3 is 4.74 Å². The predicted octanol–water partition coefficient (Wildman–Crippen LogP) is 2.69. The van der Waals surface area contributed by atoms with E-state index in [1.54, 1.807) is 12.1 Å². The van der Waals surface area contributed by atoms with Gasteiger partial charge in [0.15, 0.2) is 6.61 Å². The largest absolute Gasteiger partial charge is 0.484 e. The molecule has 2 aromatic rings. The molecule has 0 bridgehead atoms. The first kappa shape index (κ1) is 17.1. The van der Waals surface area contributed by atoms with E-state index in [1.807, 2.05) is 24.3 Å². The van der Waals surface area contributed by atoms with E-state index in [0.717, 1.165) is 6.42 Å². The van der Waals surface area contributed by atoms with Gasteiger partial charge in [-0.2, -0.15) is 5.10 Å². The Morgan fingerprint density at radius 1 is 1.21 bits per heavy atom. The summed E-state index contributed by atoms with van der Waals surface area (Å²) in [5.74, 6) is 0.217. The van der Waals surface area contributed by atoms with Crippen molar-refractivity contribution in [2.45, 2.75) is 13.3 Å². The zero-order valence-electron chi connectivity index (χ0n) is 13.1. The highest BCUT2D eigenvalue weighted by Crippen LogP contribution is 2.12. The van der Waals surface area contributed by atoms with Crippen LogP contribution in [0.25, 0.3) is 0 Å². The van der Waals surface area contributed by atoms with E-state index < -0.39 is 10.8 Å². The lowest BCUT2D eigenvalue weighted by atomic mass is 10.2. The van der Waals surface area contributed by atoms with Gasteiger partial charge in [0.25, 0.3) is 11.6 Å². The van der Waals surface area contributed by atoms with Crippen molar-refractivity contribution in [2.75, 3.05) is 6.61 Å². The summed E-state index contributed by atoms with van der Waals surface area (Å²) in [5.41, 5.74) is 4.16. The fraction of sp³-hybridized carbons (Fsp3) is 0.176. The van der Waals surface area contributed by atoms with E-state index in [4.69, 9.17) is 4.74 Å². The van der Waals surface area contributed by atoms with Crippen LogP contribution in [0.5, 0.6) is 5.75 Å². The lowest BCUT2D eigenvalue weighted by Gasteiger charge is -2.05. The van der Waals surface area contributed by atoms with E-state index in [9.17, 15) is 14.9 Å². The highest BCUT2D eigenvalue weighted by Gasteiger charge is 2.03. The van der Waals surface area contributed by atoms with Crippen LogP contribution in [0.2, 0.25) is 0 Å². The van der Waals surface area contributed by atoms with Gasteiger partial charge in [-0.15, -0.1) is 0 Å². The second-order valence-corrected chi connectivity index (χ2v) is 4.93. The number of carbonyl (C=O) groups excluding carboxylic acids is 1. The normalized spacial score (nSPS) is 10.5. The summed E-state index contributed by atoms with van der Waals surface area (Å²) in [6.45, 7) is 1.91. The van der Waals surface area contributed by atoms with Crippen LogP contribution in [0.3, 0.4) is 0 Å². The van der Waals surface area contributed by atoms with E-state index in [-0.39, 0.29) is 12.3 Å². The summed E-state index contributed by atoms with van der Waals surface area (Å²) in [4.78, 5) is 21.7. The Morgan fingerprint density at radius 3 is 2.46 bits per heavy atom. The van der Waals surface area contributed by atoms with Gasteiger partial charge in [-0.3, -0.25) is 14.9 Å². The molecule has 124 valence electrons. The Bertz CT molecular complexity index is 725. The summed E-state index contributed by atoms with van der Waals surface area (Å²) in [6, 6.07) is 13.3. The molecule has 0 unspecified atom stereocenters. The van der Waals surface area contributed by atoms with Gasteiger partial charge in [0.05, 0.1) is 11.1 Å². The van der Waals surface area contributed by atoms with Crippen molar-refractivity contribution in [2.24, 2.45) is 5.10 Å². The average molecular weight is 327 g/mol. The molecule has 0 aliphatic heterocycles. The number of nitrogens with zero attached hydrogens (tertiary/aromatic N) is 2. The summed E-state index contributed by atoms with van der Waals surface area (Å²) >= 11 is 0. The van der Waals surface area contributed by atoms with Crippen molar-refractivity contribution < 1.29 is 14.5 Å². The minimum Gasteiger partial charge on any atom is -0.484 e. The van der Waals surface area contributed by atoms with Crippen molar-refractivity contribution in [1.29, 1.82) is 0 Å². The lowest BCUT2D eigenvalue weighted by molar-refractivity contribution is -0.384. The summed E-state index contributed by atoms with van der Waals surface area (Å²) in [7, 11) is 0. The molecule has 0 atom stereocenters. The van der Waals surface area contributed by atoms with E-state index in [0.29, 0.717) is 11.3 Å². The number of benzene rings is 2. The number of nitro groups is 1. The van der Waals surface area contributed by atoms with E-state index in [1.165, 1.54) is 23.9 Å². The Kier molecular flexibility index (Phi) is 6.01. The van der Waals surface area contributed by atoms with Crippen LogP contribution in [0.4, 0.5) is 5.69 Å². The molecule has 0 heterocycles. The molecule has 0 aromatic heterocycles. The van der Waals surface area contributed by atoms with E-state index in [2.05, 4.69) is 17.5 Å². The number of hydrogen-bond donors (Lipinski definition) is 1. The fourth-order valence-corrected chi connectivity index (χ4v) is 1.86. The maximum atomic E-state index is 11.6. The van der Waals surface area contributed by atoms with Gasteiger partial charge in [0.1, 0.15) is 5.75 Å². The van der Waals surface area contributed by atoms with E-state index >= 15 is 0 Å². The standard InChI is InChI=1S/C17H17N3O4/c1-2-13-5-9-16(10-6-13)24-12-17(21)19-18-11-14-3-7-15(8-4-14)20(22)23/h3-11H,2,12H2,1H3,(H,19,21)/b18-11+. The molecular weight excluding hydrogens is 310 g/mol. The third-order valence-electron chi connectivity index (χ3n) is 3.21. The number of carbonyl (C=O) groups is 1. The van der Waals surface area contributed by atoms with Crippen molar-refractivity contribution >= 4 is 17.8 Å². The molecule has 0 spiro atoms. The monoisotopic (exact) mass is 327 g/mol. The third kappa shape index (κ3) is 5.20. The molecule has 1 N–H and O–H groups in total. The van der Waals surface area contributed by atoms with Crippen LogP contribution >= 0.6 is 0 Å². The number of amides is 1. The number of rotatable bonds is 7. The van der Waals surface area contributed by atoms with Crippen molar-refractivity contribution in [3.63, 3.8) is 0 Å². The van der Waals surface area contributed by atoms with Gasteiger partial charge in [0.2, 0.25) is 0 Å². The van der Waals surface area contributed by atoms with Crippen LogP contribution < -0.4 is 10.2 Å². The SMILES string of the molecule is CCc1ccc(OCC(=O)N/N=C/c2ccc([N+](=O)[O-])cc2)cc1.